The number of carbonyl (C=O) groups is 1. The Kier molecular flexibility index (Phi) is 4.45. The van der Waals surface area contributed by atoms with E-state index in [1.54, 1.807) is 19.1 Å². The molecule has 0 bridgehead atoms. The van der Waals surface area contributed by atoms with Crippen molar-refractivity contribution >= 4 is 17.3 Å². The fourth-order valence-corrected chi connectivity index (χ4v) is 1.72. The Morgan fingerprint density at radius 2 is 2.05 bits per heavy atom. The first kappa shape index (κ1) is 14.4. The van der Waals surface area contributed by atoms with E-state index in [-0.39, 0.29) is 17.0 Å². The molecule has 1 aromatic carbocycles. The Bertz CT molecular complexity index is 659. The molecule has 0 saturated heterocycles. The Hall–Kier alpha value is -2.96. The molecule has 108 valence electrons. The van der Waals surface area contributed by atoms with Gasteiger partial charge >= 0.3 is 5.69 Å². The van der Waals surface area contributed by atoms with Crippen molar-refractivity contribution in [2.45, 2.75) is 6.92 Å². The Morgan fingerprint density at radius 1 is 1.33 bits per heavy atom. The summed E-state index contributed by atoms with van der Waals surface area (Å²) in [6.07, 6.45) is 3.08. The highest BCUT2D eigenvalue weighted by Gasteiger charge is 2.18. The number of rotatable bonds is 5. The lowest BCUT2D eigenvalue weighted by atomic mass is 10.1. The summed E-state index contributed by atoms with van der Waals surface area (Å²) >= 11 is 0. The Labute approximate surface area is 120 Å². The lowest BCUT2D eigenvalue weighted by molar-refractivity contribution is -0.385. The van der Waals surface area contributed by atoms with Gasteiger partial charge in [0.15, 0.2) is 5.75 Å². The first-order chi connectivity index (χ1) is 10.1. The normalized spacial score (nSPS) is 9.95. The van der Waals surface area contributed by atoms with Gasteiger partial charge in [-0.3, -0.25) is 19.9 Å². The first-order valence-electron chi connectivity index (χ1n) is 6.24. The number of amides is 1. The number of pyridine rings is 1. The lowest BCUT2D eigenvalue weighted by Crippen LogP contribution is -2.12. The smallest absolute Gasteiger partial charge is 0.311 e. The molecule has 1 heterocycles. The number of carbonyl (C=O) groups excluding carboxylic acids is 1. The van der Waals surface area contributed by atoms with E-state index in [1.165, 1.54) is 30.6 Å². The van der Waals surface area contributed by atoms with Crippen LogP contribution in [0.1, 0.15) is 17.3 Å². The third kappa shape index (κ3) is 3.53. The van der Waals surface area contributed by atoms with Gasteiger partial charge in [0, 0.05) is 29.7 Å². The second-order valence-corrected chi connectivity index (χ2v) is 4.06. The van der Waals surface area contributed by atoms with Crippen molar-refractivity contribution in [3.8, 4) is 5.75 Å². The third-order valence-electron chi connectivity index (χ3n) is 2.66. The number of aromatic nitrogens is 1. The van der Waals surface area contributed by atoms with Gasteiger partial charge in [-0.15, -0.1) is 0 Å². The highest BCUT2D eigenvalue weighted by Crippen LogP contribution is 2.28. The van der Waals surface area contributed by atoms with Gasteiger partial charge in [-0.25, -0.2) is 0 Å². The van der Waals surface area contributed by atoms with Crippen LogP contribution in [-0.2, 0) is 0 Å². The van der Waals surface area contributed by atoms with E-state index in [1.807, 2.05) is 0 Å². The summed E-state index contributed by atoms with van der Waals surface area (Å²) in [5.41, 5.74) is 0.507. The first-order valence-corrected chi connectivity index (χ1v) is 6.24. The summed E-state index contributed by atoms with van der Waals surface area (Å²) in [5.74, 6) is -0.296. The van der Waals surface area contributed by atoms with E-state index in [9.17, 15) is 14.9 Å². The fourth-order valence-electron chi connectivity index (χ4n) is 1.72. The molecule has 1 amide bonds. The van der Waals surface area contributed by atoms with Crippen LogP contribution in [0.5, 0.6) is 5.75 Å². The quantitative estimate of drug-likeness (QED) is 0.673. The molecular weight excluding hydrogens is 274 g/mol. The molecule has 0 radical (unpaired) electrons. The molecule has 0 spiro atoms. The molecule has 7 nitrogen and oxygen atoms in total. The zero-order valence-corrected chi connectivity index (χ0v) is 11.3. The topological polar surface area (TPSA) is 94.4 Å². The minimum atomic E-state index is -0.575. The van der Waals surface area contributed by atoms with Crippen molar-refractivity contribution in [3.63, 3.8) is 0 Å². The highest BCUT2D eigenvalue weighted by molar-refractivity contribution is 6.04. The average Bonchev–Trinajstić information content (AvgIpc) is 2.48. The highest BCUT2D eigenvalue weighted by atomic mass is 16.6. The molecule has 0 fully saturated rings. The molecule has 1 N–H and O–H groups in total. The molecule has 2 aromatic rings. The van der Waals surface area contributed by atoms with Gasteiger partial charge in [-0.05, 0) is 31.2 Å². The van der Waals surface area contributed by atoms with Crippen LogP contribution in [0, 0.1) is 10.1 Å². The molecule has 0 atom stereocenters. The zero-order valence-electron chi connectivity index (χ0n) is 11.3. The van der Waals surface area contributed by atoms with Crippen molar-refractivity contribution in [1.29, 1.82) is 0 Å². The van der Waals surface area contributed by atoms with E-state index in [0.717, 1.165) is 0 Å². The predicted molar refractivity (Wildman–Crippen MR) is 76.5 cm³/mol. The summed E-state index contributed by atoms with van der Waals surface area (Å²) in [7, 11) is 0. The van der Waals surface area contributed by atoms with E-state index >= 15 is 0 Å². The Morgan fingerprint density at radius 3 is 2.67 bits per heavy atom. The molecule has 2 rings (SSSR count). The SMILES string of the molecule is CCOc1ccc(C(=O)Nc2ccncc2)cc1[N+](=O)[O-]. The maximum atomic E-state index is 12.1. The summed E-state index contributed by atoms with van der Waals surface area (Å²) in [6, 6.07) is 7.35. The molecule has 1 aromatic heterocycles. The number of nitrogens with one attached hydrogen (secondary N) is 1. The maximum Gasteiger partial charge on any atom is 0.311 e. The van der Waals surface area contributed by atoms with Crippen molar-refractivity contribution in [1.82, 2.24) is 4.98 Å². The maximum absolute atomic E-state index is 12.1. The number of hydrogen-bond donors (Lipinski definition) is 1. The molecule has 0 unspecified atom stereocenters. The van der Waals surface area contributed by atoms with Gasteiger partial charge in [0.2, 0.25) is 0 Å². The minimum Gasteiger partial charge on any atom is -0.487 e. The fraction of sp³-hybridized carbons (Fsp3) is 0.143. The second-order valence-electron chi connectivity index (χ2n) is 4.06. The van der Waals surface area contributed by atoms with Crippen LogP contribution in [0.3, 0.4) is 0 Å². The molecule has 0 aliphatic carbocycles. The van der Waals surface area contributed by atoms with Crippen LogP contribution in [0.25, 0.3) is 0 Å². The van der Waals surface area contributed by atoms with Gasteiger partial charge in [0.1, 0.15) is 0 Å². The van der Waals surface area contributed by atoms with Crippen molar-refractivity contribution in [2.75, 3.05) is 11.9 Å². The zero-order chi connectivity index (χ0) is 15.2. The van der Waals surface area contributed by atoms with Crippen LogP contribution < -0.4 is 10.1 Å². The average molecular weight is 287 g/mol. The van der Waals surface area contributed by atoms with Gasteiger partial charge in [0.05, 0.1) is 11.5 Å². The molecule has 7 heteroatoms. The minimum absolute atomic E-state index is 0.142. The van der Waals surface area contributed by atoms with Gasteiger partial charge in [-0.1, -0.05) is 0 Å². The molecule has 0 aliphatic heterocycles. The van der Waals surface area contributed by atoms with Gasteiger partial charge in [-0.2, -0.15) is 0 Å². The lowest BCUT2D eigenvalue weighted by Gasteiger charge is -2.07. The number of hydrogen-bond acceptors (Lipinski definition) is 5. The number of nitro groups is 1. The summed E-state index contributed by atoms with van der Waals surface area (Å²) in [5, 5.41) is 13.6. The standard InChI is InChI=1S/C14H13N3O4/c1-2-21-13-4-3-10(9-12(13)17(19)20)14(18)16-11-5-7-15-8-6-11/h3-9H,2H2,1H3,(H,15,16,18). The summed E-state index contributed by atoms with van der Waals surface area (Å²) in [6.45, 7) is 2.04. The van der Waals surface area contributed by atoms with Crippen LogP contribution in [0.4, 0.5) is 11.4 Å². The number of nitrogens with zero attached hydrogens (tertiary/aromatic N) is 2. The van der Waals surface area contributed by atoms with Gasteiger partial charge < -0.3 is 10.1 Å². The summed E-state index contributed by atoms with van der Waals surface area (Å²) < 4.78 is 5.17. The van der Waals surface area contributed by atoms with E-state index < -0.39 is 10.8 Å². The van der Waals surface area contributed by atoms with E-state index in [2.05, 4.69) is 10.3 Å². The Balaban J connectivity index is 2.25. The predicted octanol–water partition coefficient (Wildman–Crippen LogP) is 2.64. The van der Waals surface area contributed by atoms with Crippen LogP contribution in [0.2, 0.25) is 0 Å². The van der Waals surface area contributed by atoms with Crippen LogP contribution >= 0.6 is 0 Å². The number of benzene rings is 1. The number of ether oxygens (including phenoxy) is 1. The third-order valence-corrected chi connectivity index (χ3v) is 2.66. The largest absolute Gasteiger partial charge is 0.487 e. The van der Waals surface area contributed by atoms with Crippen LogP contribution in [-0.4, -0.2) is 22.4 Å². The van der Waals surface area contributed by atoms with E-state index in [0.29, 0.717) is 12.3 Å². The molecule has 21 heavy (non-hydrogen) atoms. The molecule has 0 aliphatic rings. The summed E-state index contributed by atoms with van der Waals surface area (Å²) in [4.78, 5) is 26.3. The van der Waals surface area contributed by atoms with E-state index in [4.69, 9.17) is 4.74 Å². The molecule has 0 saturated carbocycles. The second kappa shape index (κ2) is 6.47. The molecular formula is C14H13N3O4. The van der Waals surface area contributed by atoms with Crippen molar-refractivity contribution < 1.29 is 14.5 Å². The van der Waals surface area contributed by atoms with Gasteiger partial charge in [0.25, 0.3) is 5.91 Å². The van der Waals surface area contributed by atoms with Crippen LogP contribution in [0.15, 0.2) is 42.7 Å². The number of anilines is 1. The van der Waals surface area contributed by atoms with Crippen molar-refractivity contribution in [2.24, 2.45) is 0 Å². The van der Waals surface area contributed by atoms with Crippen molar-refractivity contribution in [3.05, 3.63) is 58.4 Å². The number of nitro benzene ring substituents is 1. The monoisotopic (exact) mass is 287 g/mol.